The van der Waals surface area contributed by atoms with E-state index in [4.69, 9.17) is 0 Å². The third-order valence-corrected chi connectivity index (χ3v) is 6.64. The first-order valence-electron chi connectivity index (χ1n) is 9.65. The van der Waals surface area contributed by atoms with Crippen molar-refractivity contribution < 1.29 is 21.6 Å². The molecule has 6 nitrogen and oxygen atoms in total. The summed E-state index contributed by atoms with van der Waals surface area (Å²) in [5, 5.41) is 6.35. The van der Waals surface area contributed by atoms with Crippen molar-refractivity contribution in [3.8, 4) is 0 Å². The van der Waals surface area contributed by atoms with Crippen molar-refractivity contribution in [2.75, 3.05) is 51.3 Å². The average Bonchev–Trinajstić information content (AvgIpc) is 2.67. The molecule has 1 aliphatic rings. The smallest absolute Gasteiger partial charge is 0.356 e. The van der Waals surface area contributed by atoms with Crippen LogP contribution in [0.3, 0.4) is 0 Å². The fraction of sp³-hybridized carbons (Fsp3) is 0.632. The summed E-state index contributed by atoms with van der Waals surface area (Å²) in [4.78, 5) is 6.24. The summed E-state index contributed by atoms with van der Waals surface area (Å²) in [5.74, 6) is 0.991. The molecule has 11 heteroatoms. The Morgan fingerprint density at radius 2 is 1.83 bits per heavy atom. The van der Waals surface area contributed by atoms with Crippen LogP contribution in [-0.2, 0) is 16.0 Å². The van der Waals surface area contributed by atoms with Gasteiger partial charge in [0.05, 0.1) is 17.1 Å². The van der Waals surface area contributed by atoms with Gasteiger partial charge in [-0.2, -0.15) is 13.2 Å². The van der Waals surface area contributed by atoms with Gasteiger partial charge in [0.25, 0.3) is 0 Å². The zero-order valence-electron chi connectivity index (χ0n) is 17.2. The molecule has 2 N–H and O–H groups in total. The van der Waals surface area contributed by atoms with Crippen LogP contribution < -0.4 is 10.6 Å². The van der Waals surface area contributed by atoms with E-state index in [9.17, 15) is 21.6 Å². The number of guanidine groups is 1. The van der Waals surface area contributed by atoms with Gasteiger partial charge in [-0.3, -0.25) is 9.89 Å². The van der Waals surface area contributed by atoms with Crippen molar-refractivity contribution in [2.45, 2.75) is 25.4 Å². The van der Waals surface area contributed by atoms with Crippen LogP contribution in [0.2, 0.25) is 0 Å². The molecule has 0 saturated carbocycles. The minimum Gasteiger partial charge on any atom is -0.356 e. The number of hydrogen-bond donors (Lipinski definition) is 2. The van der Waals surface area contributed by atoms with Gasteiger partial charge in [0, 0.05) is 39.8 Å². The topological polar surface area (TPSA) is 73.8 Å². The Kier molecular flexibility index (Phi) is 10.9. The molecule has 1 unspecified atom stereocenters. The molecule has 1 aromatic rings. The van der Waals surface area contributed by atoms with Crippen LogP contribution in [0, 0.1) is 0 Å². The van der Waals surface area contributed by atoms with Gasteiger partial charge >= 0.3 is 6.18 Å². The lowest BCUT2D eigenvalue weighted by atomic mass is 9.96. The summed E-state index contributed by atoms with van der Waals surface area (Å²) in [6.45, 7) is 4.91. The van der Waals surface area contributed by atoms with E-state index in [2.05, 4.69) is 20.5 Å². The van der Waals surface area contributed by atoms with Crippen molar-refractivity contribution in [3.63, 3.8) is 0 Å². The number of hydrogen-bond acceptors (Lipinski definition) is 4. The third kappa shape index (κ3) is 8.96. The summed E-state index contributed by atoms with van der Waals surface area (Å²) in [6, 6.07) is 5.44. The Morgan fingerprint density at radius 3 is 2.43 bits per heavy atom. The Bertz CT molecular complexity index is 789. The Labute approximate surface area is 193 Å². The van der Waals surface area contributed by atoms with Gasteiger partial charge in [-0.15, -0.1) is 24.0 Å². The molecule has 1 saturated heterocycles. The number of rotatable bonds is 7. The van der Waals surface area contributed by atoms with Gasteiger partial charge in [0.2, 0.25) is 0 Å². The summed E-state index contributed by atoms with van der Waals surface area (Å²) in [5.41, 5.74) is 0.0300. The van der Waals surface area contributed by atoms with Crippen molar-refractivity contribution in [2.24, 2.45) is 4.99 Å². The molecule has 1 atom stereocenters. The fourth-order valence-electron chi connectivity index (χ4n) is 3.12. The second-order valence-electron chi connectivity index (χ2n) is 7.23. The third-order valence-electron chi connectivity index (χ3n) is 5.03. The zero-order valence-corrected chi connectivity index (χ0v) is 20.4. The van der Waals surface area contributed by atoms with Crippen LogP contribution in [0.25, 0.3) is 0 Å². The highest BCUT2D eigenvalue weighted by molar-refractivity contribution is 14.0. The minimum absolute atomic E-state index is 0. The van der Waals surface area contributed by atoms with E-state index in [1.54, 1.807) is 13.1 Å². The maximum atomic E-state index is 12.9. The molecule has 0 aromatic heterocycles. The number of benzene rings is 1. The minimum atomic E-state index is -4.33. The molecule has 1 fully saturated rings. The highest BCUT2D eigenvalue weighted by Gasteiger charge is 2.30. The summed E-state index contributed by atoms with van der Waals surface area (Å²) < 4.78 is 61.4. The lowest BCUT2D eigenvalue weighted by molar-refractivity contribution is -0.137. The van der Waals surface area contributed by atoms with E-state index >= 15 is 0 Å². The second-order valence-corrected chi connectivity index (χ2v) is 9.54. The number of sulfone groups is 1. The van der Waals surface area contributed by atoms with E-state index in [0.29, 0.717) is 44.1 Å². The van der Waals surface area contributed by atoms with Crippen LogP contribution in [0.15, 0.2) is 29.3 Å². The maximum Gasteiger partial charge on any atom is 0.416 e. The normalized spacial score (nSPS) is 18.4. The van der Waals surface area contributed by atoms with E-state index in [0.717, 1.165) is 12.6 Å². The first-order valence-corrected chi connectivity index (χ1v) is 11.5. The zero-order chi connectivity index (χ0) is 21.5. The number of halogens is 4. The monoisotopic (exact) mass is 562 g/mol. The first-order chi connectivity index (χ1) is 13.6. The molecule has 0 amide bonds. The molecule has 0 spiro atoms. The highest BCUT2D eigenvalue weighted by atomic mass is 127. The van der Waals surface area contributed by atoms with Gasteiger partial charge in [-0.05, 0) is 24.0 Å². The molecule has 0 bridgehead atoms. The molecule has 172 valence electrons. The Morgan fingerprint density at radius 1 is 1.20 bits per heavy atom. The predicted octanol–water partition coefficient (Wildman–Crippen LogP) is 2.71. The number of aliphatic imine (C=N–C) groups is 1. The molecule has 1 aliphatic heterocycles. The molecule has 1 heterocycles. The summed E-state index contributed by atoms with van der Waals surface area (Å²) in [7, 11) is -1.22. The quantitative estimate of drug-likeness (QED) is 0.304. The largest absolute Gasteiger partial charge is 0.416 e. The average molecular weight is 562 g/mol. The lowest BCUT2D eigenvalue weighted by Crippen LogP contribution is -2.46. The van der Waals surface area contributed by atoms with E-state index < -0.39 is 21.6 Å². The second kappa shape index (κ2) is 12.1. The number of alkyl halides is 3. The van der Waals surface area contributed by atoms with Crippen molar-refractivity contribution in [1.29, 1.82) is 0 Å². The number of nitrogens with zero attached hydrogens (tertiary/aromatic N) is 2. The molecular formula is C19H30F3IN4O2S. The molecule has 2 rings (SSSR count). The van der Waals surface area contributed by atoms with Gasteiger partial charge < -0.3 is 10.6 Å². The SMILES string of the molecule is CN=C(NCCC(C)c1cccc(C(F)(F)F)c1)NCCN1CCS(=O)(=O)CC1.I. The summed E-state index contributed by atoms with van der Waals surface area (Å²) >= 11 is 0. The van der Waals surface area contributed by atoms with E-state index in [1.807, 2.05) is 6.92 Å². The number of nitrogens with one attached hydrogen (secondary N) is 2. The molecule has 0 radical (unpaired) electrons. The van der Waals surface area contributed by atoms with Crippen LogP contribution >= 0.6 is 24.0 Å². The molecular weight excluding hydrogens is 532 g/mol. The fourth-order valence-corrected chi connectivity index (χ4v) is 4.40. The standard InChI is InChI=1S/C19H29F3N4O2S.HI/c1-15(16-4-3-5-17(14-16)19(20,21)22)6-7-24-18(23-2)25-8-9-26-10-12-29(27,28)13-11-26;/h3-5,14-15H,6-13H2,1-2H3,(H2,23,24,25);1H. The van der Waals surface area contributed by atoms with Gasteiger partial charge in [-0.1, -0.05) is 25.1 Å². The van der Waals surface area contributed by atoms with Crippen molar-refractivity contribution in [1.82, 2.24) is 15.5 Å². The first kappa shape index (κ1) is 27.0. The van der Waals surface area contributed by atoms with Gasteiger partial charge in [0.1, 0.15) is 0 Å². The van der Waals surface area contributed by atoms with Gasteiger partial charge in [-0.25, -0.2) is 8.42 Å². The maximum absolute atomic E-state index is 12.9. The lowest BCUT2D eigenvalue weighted by Gasteiger charge is -2.26. The van der Waals surface area contributed by atoms with Crippen molar-refractivity contribution in [3.05, 3.63) is 35.4 Å². The van der Waals surface area contributed by atoms with Crippen LogP contribution in [0.5, 0.6) is 0 Å². The van der Waals surface area contributed by atoms with E-state index in [1.165, 1.54) is 12.1 Å². The van der Waals surface area contributed by atoms with E-state index in [-0.39, 0.29) is 41.4 Å². The Balaban J connectivity index is 0.00000450. The Hall–Kier alpha value is -1.08. The molecule has 30 heavy (non-hydrogen) atoms. The highest BCUT2D eigenvalue weighted by Crippen LogP contribution is 2.31. The predicted molar refractivity (Wildman–Crippen MR) is 124 cm³/mol. The van der Waals surface area contributed by atoms with Crippen LogP contribution in [-0.4, -0.2) is 70.6 Å². The molecule has 0 aliphatic carbocycles. The van der Waals surface area contributed by atoms with Crippen LogP contribution in [0.4, 0.5) is 13.2 Å². The van der Waals surface area contributed by atoms with Gasteiger partial charge in [0.15, 0.2) is 15.8 Å². The van der Waals surface area contributed by atoms with Crippen molar-refractivity contribution >= 4 is 39.8 Å². The molecule has 1 aromatic carbocycles. The summed E-state index contributed by atoms with van der Waals surface area (Å²) in [6.07, 6.45) is -3.68. The van der Waals surface area contributed by atoms with Crippen LogP contribution in [0.1, 0.15) is 30.4 Å².